The Morgan fingerprint density at radius 2 is 1.75 bits per heavy atom. The molecule has 0 aliphatic heterocycles. The van der Waals surface area contributed by atoms with E-state index in [-0.39, 0.29) is 15.6 Å². The zero-order chi connectivity index (χ0) is 14.8. The van der Waals surface area contributed by atoms with Crippen molar-refractivity contribution >= 4 is 33.0 Å². The van der Waals surface area contributed by atoms with Crippen LogP contribution in [0.25, 0.3) is 0 Å². The molecular formula is C13H12ClFN2O2S. The van der Waals surface area contributed by atoms with Crippen molar-refractivity contribution in [1.82, 2.24) is 0 Å². The van der Waals surface area contributed by atoms with Crippen LogP contribution in [0.3, 0.4) is 0 Å². The summed E-state index contributed by atoms with van der Waals surface area (Å²) in [5.74, 6) is -0.729. The van der Waals surface area contributed by atoms with Crippen LogP contribution in [0.2, 0.25) is 5.02 Å². The molecule has 0 aliphatic rings. The van der Waals surface area contributed by atoms with E-state index in [2.05, 4.69) is 10.0 Å². The van der Waals surface area contributed by atoms with Gasteiger partial charge in [0.25, 0.3) is 10.0 Å². The highest BCUT2D eigenvalue weighted by Crippen LogP contribution is 2.22. The number of sulfonamides is 1. The topological polar surface area (TPSA) is 58.2 Å². The van der Waals surface area contributed by atoms with Crippen LogP contribution < -0.4 is 10.0 Å². The summed E-state index contributed by atoms with van der Waals surface area (Å²) >= 11 is 5.61. The Hall–Kier alpha value is -1.79. The Labute approximate surface area is 121 Å². The molecule has 2 aromatic carbocycles. The number of anilines is 2. The van der Waals surface area contributed by atoms with E-state index >= 15 is 0 Å². The molecular weight excluding hydrogens is 303 g/mol. The summed E-state index contributed by atoms with van der Waals surface area (Å²) in [5, 5.41) is 3.08. The van der Waals surface area contributed by atoms with E-state index in [0.717, 1.165) is 11.8 Å². The van der Waals surface area contributed by atoms with Crippen molar-refractivity contribution in [2.45, 2.75) is 4.90 Å². The molecule has 0 radical (unpaired) electrons. The standard InChI is InChI=1S/C13H12ClFN2O2S/c1-16-10-3-5-11(6-4-10)20(18,19)17-13-7-2-9(14)8-12(13)15/h2-8,16-17H,1H3. The minimum Gasteiger partial charge on any atom is -0.388 e. The maximum absolute atomic E-state index is 13.6. The van der Waals surface area contributed by atoms with Crippen LogP contribution in [-0.2, 0) is 10.0 Å². The number of hydrogen-bond donors (Lipinski definition) is 2. The second-order valence-corrected chi connectivity index (χ2v) is 6.12. The van der Waals surface area contributed by atoms with Gasteiger partial charge in [0.1, 0.15) is 5.82 Å². The Bertz CT molecular complexity index is 718. The van der Waals surface area contributed by atoms with Crippen LogP contribution in [0.15, 0.2) is 47.4 Å². The fourth-order valence-electron chi connectivity index (χ4n) is 1.58. The third kappa shape index (κ3) is 3.20. The van der Waals surface area contributed by atoms with Gasteiger partial charge in [-0.15, -0.1) is 0 Å². The van der Waals surface area contributed by atoms with Gasteiger partial charge in [-0.1, -0.05) is 11.6 Å². The van der Waals surface area contributed by atoms with E-state index in [9.17, 15) is 12.8 Å². The van der Waals surface area contributed by atoms with E-state index in [1.54, 1.807) is 19.2 Å². The lowest BCUT2D eigenvalue weighted by molar-refractivity contribution is 0.598. The zero-order valence-corrected chi connectivity index (χ0v) is 12.1. The van der Waals surface area contributed by atoms with E-state index in [4.69, 9.17) is 11.6 Å². The Morgan fingerprint density at radius 1 is 1.10 bits per heavy atom. The van der Waals surface area contributed by atoms with Crippen molar-refractivity contribution in [3.8, 4) is 0 Å². The predicted octanol–water partition coefficient (Wildman–Crippen LogP) is 3.32. The first-order chi connectivity index (χ1) is 9.42. The monoisotopic (exact) mass is 314 g/mol. The summed E-state index contributed by atoms with van der Waals surface area (Å²) in [6, 6.07) is 9.83. The van der Waals surface area contributed by atoms with E-state index in [1.807, 2.05) is 0 Å². The number of nitrogens with one attached hydrogen (secondary N) is 2. The summed E-state index contributed by atoms with van der Waals surface area (Å²) in [6.45, 7) is 0. The second-order valence-electron chi connectivity index (χ2n) is 4.00. The maximum Gasteiger partial charge on any atom is 0.261 e. The van der Waals surface area contributed by atoms with Crippen molar-refractivity contribution in [3.63, 3.8) is 0 Å². The van der Waals surface area contributed by atoms with Gasteiger partial charge in [-0.2, -0.15) is 0 Å². The van der Waals surface area contributed by atoms with Crippen molar-refractivity contribution in [2.24, 2.45) is 0 Å². The first-order valence-electron chi connectivity index (χ1n) is 5.68. The quantitative estimate of drug-likeness (QED) is 0.910. The third-order valence-corrected chi connectivity index (χ3v) is 4.25. The highest BCUT2D eigenvalue weighted by molar-refractivity contribution is 7.92. The molecule has 0 saturated heterocycles. The van der Waals surface area contributed by atoms with Crippen LogP contribution in [0.5, 0.6) is 0 Å². The molecule has 4 nitrogen and oxygen atoms in total. The van der Waals surface area contributed by atoms with Gasteiger partial charge in [0, 0.05) is 17.8 Å². The molecule has 106 valence electrons. The van der Waals surface area contributed by atoms with E-state index in [0.29, 0.717) is 0 Å². The maximum atomic E-state index is 13.6. The number of hydrogen-bond acceptors (Lipinski definition) is 3. The lowest BCUT2D eigenvalue weighted by atomic mass is 10.3. The summed E-state index contributed by atoms with van der Waals surface area (Å²) in [4.78, 5) is 0.0471. The lowest BCUT2D eigenvalue weighted by Gasteiger charge is -2.09. The minimum absolute atomic E-state index is 0.0471. The molecule has 7 heteroatoms. The van der Waals surface area contributed by atoms with E-state index in [1.165, 1.54) is 24.3 Å². The molecule has 0 bridgehead atoms. The highest BCUT2D eigenvalue weighted by Gasteiger charge is 2.16. The predicted molar refractivity (Wildman–Crippen MR) is 78.2 cm³/mol. The fraction of sp³-hybridized carbons (Fsp3) is 0.0769. The molecule has 2 N–H and O–H groups in total. The van der Waals surface area contributed by atoms with Gasteiger partial charge >= 0.3 is 0 Å². The molecule has 0 spiro atoms. The summed E-state index contributed by atoms with van der Waals surface area (Å²) in [7, 11) is -2.11. The number of benzene rings is 2. The first kappa shape index (κ1) is 14.6. The summed E-state index contributed by atoms with van der Waals surface area (Å²) in [5.41, 5.74) is 0.633. The molecule has 0 unspecified atom stereocenters. The normalized spacial score (nSPS) is 11.2. The Morgan fingerprint density at radius 3 is 2.30 bits per heavy atom. The Balaban J connectivity index is 2.30. The van der Waals surface area contributed by atoms with Crippen molar-refractivity contribution in [2.75, 3.05) is 17.1 Å². The first-order valence-corrected chi connectivity index (χ1v) is 7.54. The van der Waals surface area contributed by atoms with Crippen molar-refractivity contribution in [1.29, 1.82) is 0 Å². The molecule has 0 amide bonds. The minimum atomic E-state index is -3.83. The second kappa shape index (κ2) is 5.68. The molecule has 0 atom stereocenters. The molecule has 0 aromatic heterocycles. The van der Waals surface area contributed by atoms with Crippen LogP contribution in [-0.4, -0.2) is 15.5 Å². The molecule has 20 heavy (non-hydrogen) atoms. The number of rotatable bonds is 4. The van der Waals surface area contributed by atoms with Gasteiger partial charge in [0.15, 0.2) is 0 Å². The smallest absolute Gasteiger partial charge is 0.261 e. The summed E-state index contributed by atoms with van der Waals surface area (Å²) < 4.78 is 40.0. The van der Waals surface area contributed by atoms with Gasteiger partial charge in [-0.05, 0) is 42.5 Å². The average Bonchev–Trinajstić information content (AvgIpc) is 2.42. The van der Waals surface area contributed by atoms with Gasteiger partial charge in [0.05, 0.1) is 10.6 Å². The third-order valence-electron chi connectivity index (χ3n) is 2.63. The fourth-order valence-corrected chi connectivity index (χ4v) is 2.80. The Kier molecular flexibility index (Phi) is 4.15. The van der Waals surface area contributed by atoms with Crippen LogP contribution in [0, 0.1) is 5.82 Å². The molecule has 0 fully saturated rings. The van der Waals surface area contributed by atoms with Crippen molar-refractivity contribution in [3.05, 3.63) is 53.3 Å². The van der Waals surface area contributed by atoms with Crippen LogP contribution in [0.4, 0.5) is 15.8 Å². The van der Waals surface area contributed by atoms with Gasteiger partial charge in [-0.25, -0.2) is 12.8 Å². The summed E-state index contributed by atoms with van der Waals surface area (Å²) in [6.07, 6.45) is 0. The molecule has 0 heterocycles. The lowest BCUT2D eigenvalue weighted by Crippen LogP contribution is -2.13. The van der Waals surface area contributed by atoms with Gasteiger partial charge in [0.2, 0.25) is 0 Å². The van der Waals surface area contributed by atoms with Crippen LogP contribution >= 0.6 is 11.6 Å². The molecule has 0 saturated carbocycles. The highest BCUT2D eigenvalue weighted by atomic mass is 35.5. The molecule has 2 aromatic rings. The van der Waals surface area contributed by atoms with Gasteiger partial charge < -0.3 is 5.32 Å². The van der Waals surface area contributed by atoms with Crippen LogP contribution in [0.1, 0.15) is 0 Å². The van der Waals surface area contributed by atoms with Crippen molar-refractivity contribution < 1.29 is 12.8 Å². The molecule has 2 rings (SSSR count). The number of halogens is 2. The van der Waals surface area contributed by atoms with Gasteiger partial charge in [-0.3, -0.25) is 4.72 Å². The zero-order valence-electron chi connectivity index (χ0n) is 10.5. The van der Waals surface area contributed by atoms with E-state index < -0.39 is 15.8 Å². The largest absolute Gasteiger partial charge is 0.388 e. The SMILES string of the molecule is CNc1ccc(S(=O)(=O)Nc2ccc(Cl)cc2F)cc1. The average molecular weight is 315 g/mol. The molecule has 0 aliphatic carbocycles.